The minimum absolute atomic E-state index is 0.0508. The van der Waals surface area contributed by atoms with Crippen LogP contribution in [0.4, 0.5) is 29.1 Å². The molecular formula is C21H20F4N4O2S2. The molecule has 0 aliphatic carbocycles. The van der Waals surface area contributed by atoms with E-state index in [1.807, 2.05) is 9.62 Å². The average molecular weight is 501 g/mol. The molecule has 1 aliphatic heterocycles. The number of alkyl halides is 1. The normalized spacial score (nSPS) is 16.8. The predicted octanol–water partition coefficient (Wildman–Crippen LogP) is 4.52. The van der Waals surface area contributed by atoms with E-state index in [4.69, 9.17) is 0 Å². The summed E-state index contributed by atoms with van der Waals surface area (Å²) >= 11 is 1.12. The van der Waals surface area contributed by atoms with Crippen LogP contribution >= 0.6 is 11.3 Å². The summed E-state index contributed by atoms with van der Waals surface area (Å²) < 4.78 is 83.9. The number of sulfonamides is 1. The first-order valence-corrected chi connectivity index (χ1v) is 12.4. The number of nitrogens with one attached hydrogen (secondary N) is 2. The summed E-state index contributed by atoms with van der Waals surface area (Å²) in [6, 6.07) is 6.18. The Kier molecular flexibility index (Phi) is 6.86. The molecule has 6 nitrogen and oxygen atoms in total. The van der Waals surface area contributed by atoms with Crippen molar-refractivity contribution in [3.05, 3.63) is 69.8 Å². The fourth-order valence-corrected chi connectivity index (χ4v) is 5.36. The Morgan fingerprint density at radius 3 is 2.55 bits per heavy atom. The van der Waals surface area contributed by atoms with Gasteiger partial charge in [-0.25, -0.2) is 31.0 Å². The number of likely N-dealkylation sites (tertiary alicyclic amines) is 1. The highest BCUT2D eigenvalue weighted by molar-refractivity contribution is 7.92. The molecule has 4 rings (SSSR count). The number of hydrogen-bond acceptors (Lipinski definition) is 6. The maximum atomic E-state index is 14.6. The number of aromatic nitrogens is 1. The Bertz CT molecular complexity index is 1220. The molecule has 0 amide bonds. The zero-order chi connectivity index (χ0) is 23.6. The maximum Gasteiger partial charge on any atom is 0.268 e. The Labute approximate surface area is 192 Å². The van der Waals surface area contributed by atoms with Crippen LogP contribution in [-0.2, 0) is 23.1 Å². The van der Waals surface area contributed by atoms with Crippen molar-refractivity contribution in [3.63, 3.8) is 0 Å². The summed E-state index contributed by atoms with van der Waals surface area (Å²) in [6.45, 7) is 1.07. The quantitative estimate of drug-likeness (QED) is 0.445. The first kappa shape index (κ1) is 23.5. The minimum atomic E-state index is -4.54. The molecule has 1 aromatic heterocycles. The van der Waals surface area contributed by atoms with Crippen LogP contribution in [0.25, 0.3) is 0 Å². The molecule has 1 saturated heterocycles. The van der Waals surface area contributed by atoms with Gasteiger partial charge in [-0.2, -0.15) is 0 Å². The van der Waals surface area contributed by atoms with E-state index in [0.29, 0.717) is 25.1 Å². The Morgan fingerprint density at radius 2 is 1.91 bits per heavy atom. The standard InChI is InChI=1S/C21H20F4N4O2S2/c22-14-4-5-29(10-14)9-13-2-1-3-17(23)16(13)8-26-15-6-18(24)21(19(25)7-15)33(30,31)28-20-11-32-12-27-20/h1-3,6-7,11-12,14,26,28H,4-5,8-10H2/t14-/m0/s1. The lowest BCUT2D eigenvalue weighted by atomic mass is 10.1. The molecule has 2 heterocycles. The second-order valence-electron chi connectivity index (χ2n) is 7.60. The van der Waals surface area contributed by atoms with Crippen molar-refractivity contribution in [1.29, 1.82) is 0 Å². The van der Waals surface area contributed by atoms with Gasteiger partial charge in [-0.15, -0.1) is 11.3 Å². The van der Waals surface area contributed by atoms with Crippen LogP contribution in [0.5, 0.6) is 0 Å². The lowest BCUT2D eigenvalue weighted by Gasteiger charge is -2.19. The van der Waals surface area contributed by atoms with Crippen LogP contribution in [-0.4, -0.2) is 37.6 Å². The lowest BCUT2D eigenvalue weighted by molar-refractivity contribution is 0.281. The van der Waals surface area contributed by atoms with Crippen LogP contribution in [0.15, 0.2) is 46.1 Å². The number of thiazole rings is 1. The lowest BCUT2D eigenvalue weighted by Crippen LogP contribution is -2.22. The molecule has 0 unspecified atom stereocenters. The van der Waals surface area contributed by atoms with Crippen molar-refractivity contribution in [2.24, 2.45) is 0 Å². The topological polar surface area (TPSA) is 74.3 Å². The smallest absolute Gasteiger partial charge is 0.268 e. The highest BCUT2D eigenvalue weighted by atomic mass is 32.2. The third-order valence-corrected chi connectivity index (χ3v) is 7.22. The van der Waals surface area contributed by atoms with Crippen LogP contribution in [0, 0.1) is 17.5 Å². The average Bonchev–Trinajstić information content (AvgIpc) is 3.38. The summed E-state index contributed by atoms with van der Waals surface area (Å²) in [4.78, 5) is 4.47. The molecule has 2 N–H and O–H groups in total. The van der Waals surface area contributed by atoms with Gasteiger partial charge in [0.25, 0.3) is 10.0 Å². The van der Waals surface area contributed by atoms with Gasteiger partial charge in [0.1, 0.15) is 23.6 Å². The van der Waals surface area contributed by atoms with Crippen molar-refractivity contribution in [1.82, 2.24) is 9.88 Å². The third kappa shape index (κ3) is 5.45. The fourth-order valence-electron chi connectivity index (χ4n) is 3.68. The molecule has 2 aromatic carbocycles. The summed E-state index contributed by atoms with van der Waals surface area (Å²) in [5.74, 6) is -3.17. The molecule has 0 bridgehead atoms. The van der Waals surface area contributed by atoms with Crippen LogP contribution in [0.1, 0.15) is 17.5 Å². The van der Waals surface area contributed by atoms with E-state index in [1.54, 1.807) is 12.1 Å². The van der Waals surface area contributed by atoms with Gasteiger partial charge in [-0.1, -0.05) is 12.1 Å². The van der Waals surface area contributed by atoms with Gasteiger partial charge >= 0.3 is 0 Å². The molecule has 1 aliphatic rings. The summed E-state index contributed by atoms with van der Waals surface area (Å²) in [6.07, 6.45) is -0.487. The van der Waals surface area contributed by atoms with Crippen LogP contribution < -0.4 is 10.0 Å². The molecular weight excluding hydrogens is 480 g/mol. The van der Waals surface area contributed by atoms with Crippen molar-refractivity contribution < 1.29 is 26.0 Å². The summed E-state index contributed by atoms with van der Waals surface area (Å²) in [5.41, 5.74) is 2.22. The van der Waals surface area contributed by atoms with Gasteiger partial charge in [0.15, 0.2) is 10.7 Å². The number of anilines is 2. The van der Waals surface area contributed by atoms with Gasteiger partial charge in [0, 0.05) is 42.8 Å². The van der Waals surface area contributed by atoms with E-state index >= 15 is 0 Å². The third-order valence-electron chi connectivity index (χ3n) is 5.23. The maximum absolute atomic E-state index is 14.6. The van der Waals surface area contributed by atoms with E-state index in [9.17, 15) is 26.0 Å². The molecule has 3 aromatic rings. The Morgan fingerprint density at radius 1 is 1.15 bits per heavy atom. The molecule has 0 saturated carbocycles. The number of benzene rings is 2. The second kappa shape index (κ2) is 9.65. The zero-order valence-electron chi connectivity index (χ0n) is 17.2. The monoisotopic (exact) mass is 500 g/mol. The van der Waals surface area contributed by atoms with Crippen molar-refractivity contribution in [2.45, 2.75) is 30.6 Å². The van der Waals surface area contributed by atoms with Crippen LogP contribution in [0.3, 0.4) is 0 Å². The Balaban J connectivity index is 1.52. The van der Waals surface area contributed by atoms with Gasteiger partial charge in [0.05, 0.1) is 5.51 Å². The molecule has 33 heavy (non-hydrogen) atoms. The van der Waals surface area contributed by atoms with Crippen molar-refractivity contribution in [3.8, 4) is 0 Å². The van der Waals surface area contributed by atoms with E-state index in [1.165, 1.54) is 17.0 Å². The van der Waals surface area contributed by atoms with Gasteiger partial charge in [-0.05, 0) is 30.2 Å². The highest BCUT2D eigenvalue weighted by Crippen LogP contribution is 2.27. The van der Waals surface area contributed by atoms with Crippen molar-refractivity contribution in [2.75, 3.05) is 23.1 Å². The summed E-state index contributed by atoms with van der Waals surface area (Å²) in [7, 11) is -4.54. The van der Waals surface area contributed by atoms with Gasteiger partial charge in [-0.3, -0.25) is 9.62 Å². The molecule has 0 radical (unpaired) electrons. The molecule has 12 heteroatoms. The largest absolute Gasteiger partial charge is 0.381 e. The van der Waals surface area contributed by atoms with E-state index < -0.39 is 38.5 Å². The van der Waals surface area contributed by atoms with E-state index in [0.717, 1.165) is 23.5 Å². The highest BCUT2D eigenvalue weighted by Gasteiger charge is 2.26. The first-order valence-electron chi connectivity index (χ1n) is 9.99. The number of hydrogen-bond donors (Lipinski definition) is 2. The summed E-state index contributed by atoms with van der Waals surface area (Å²) in [5, 5.41) is 4.12. The SMILES string of the molecule is O=S(=O)(Nc1cscn1)c1c(F)cc(NCc2c(F)cccc2CN2CC[C@H](F)C2)cc1F. The molecule has 1 atom stereocenters. The fraction of sp³-hybridized carbons (Fsp3) is 0.286. The van der Waals surface area contributed by atoms with Gasteiger partial charge < -0.3 is 5.32 Å². The number of rotatable bonds is 8. The number of nitrogens with zero attached hydrogens (tertiary/aromatic N) is 2. The van der Waals surface area contributed by atoms with Gasteiger partial charge in [0.2, 0.25) is 0 Å². The van der Waals surface area contributed by atoms with Crippen LogP contribution in [0.2, 0.25) is 0 Å². The van der Waals surface area contributed by atoms with E-state index in [-0.39, 0.29) is 30.2 Å². The predicted molar refractivity (Wildman–Crippen MR) is 118 cm³/mol. The second-order valence-corrected chi connectivity index (χ2v) is 9.94. The molecule has 0 spiro atoms. The van der Waals surface area contributed by atoms with Crippen molar-refractivity contribution >= 4 is 32.9 Å². The van der Waals surface area contributed by atoms with E-state index in [2.05, 4.69) is 10.3 Å². The molecule has 176 valence electrons. The number of halogens is 4. The zero-order valence-corrected chi connectivity index (χ0v) is 18.8. The minimum Gasteiger partial charge on any atom is -0.381 e. The first-order chi connectivity index (χ1) is 15.7. The Hall–Kier alpha value is -2.70. The molecule has 1 fully saturated rings.